The lowest BCUT2D eigenvalue weighted by Crippen LogP contribution is -2.41. The van der Waals surface area contributed by atoms with Gasteiger partial charge in [0, 0.05) is 18.2 Å². The molecule has 1 saturated carbocycles. The summed E-state index contributed by atoms with van der Waals surface area (Å²) in [4.78, 5) is 32.3. The summed E-state index contributed by atoms with van der Waals surface area (Å²) in [5.74, 6) is 0.364. The number of nitrogens with one attached hydrogen (secondary N) is 1. The Morgan fingerprint density at radius 1 is 1.17 bits per heavy atom. The third-order valence-electron chi connectivity index (χ3n) is 5.37. The number of hydrogen-bond donors (Lipinski definition) is 1. The van der Waals surface area contributed by atoms with E-state index in [2.05, 4.69) is 12.2 Å². The quantitative estimate of drug-likeness (QED) is 0.751. The molecule has 0 aromatic heterocycles. The summed E-state index contributed by atoms with van der Waals surface area (Å²) >= 11 is 1.40. The van der Waals surface area contributed by atoms with E-state index in [4.69, 9.17) is 4.99 Å². The van der Waals surface area contributed by atoms with Gasteiger partial charge in [-0.1, -0.05) is 47.7 Å². The number of aliphatic imine (C=N–C) groups is 1. The van der Waals surface area contributed by atoms with Crippen LogP contribution in [0.15, 0.2) is 59.6 Å². The highest BCUT2D eigenvalue weighted by Gasteiger charge is 2.45. The number of hydrogen-bond acceptors (Lipinski definition) is 4. The first kappa shape index (κ1) is 19.7. The minimum absolute atomic E-state index is 0.0110. The predicted octanol–water partition coefficient (Wildman–Crippen LogP) is 4.75. The number of para-hydroxylation sites is 1. The van der Waals surface area contributed by atoms with Gasteiger partial charge in [-0.3, -0.25) is 14.5 Å². The zero-order valence-electron chi connectivity index (χ0n) is 16.7. The van der Waals surface area contributed by atoms with Crippen LogP contribution in [0.25, 0.3) is 0 Å². The SMILES string of the molecule is Cc1ccc(NC(=O)C[C@@H]2SC(=Nc3ccccc3)N([C@@H](C)C3CC3)C2=O)cc1. The summed E-state index contributed by atoms with van der Waals surface area (Å²) in [5.41, 5.74) is 2.70. The zero-order valence-corrected chi connectivity index (χ0v) is 17.5. The summed E-state index contributed by atoms with van der Waals surface area (Å²) in [7, 11) is 0. The maximum atomic E-state index is 13.2. The molecule has 1 aliphatic heterocycles. The summed E-state index contributed by atoms with van der Waals surface area (Å²) in [6, 6.07) is 17.4. The van der Waals surface area contributed by atoms with Gasteiger partial charge in [-0.25, -0.2) is 4.99 Å². The molecule has 150 valence electrons. The van der Waals surface area contributed by atoms with Gasteiger partial charge in [0.25, 0.3) is 0 Å². The van der Waals surface area contributed by atoms with Crippen LogP contribution >= 0.6 is 11.8 Å². The molecule has 2 aliphatic rings. The molecule has 1 N–H and O–H groups in total. The van der Waals surface area contributed by atoms with E-state index in [-0.39, 0.29) is 24.3 Å². The average Bonchev–Trinajstić information content (AvgIpc) is 3.51. The molecule has 1 aliphatic carbocycles. The maximum Gasteiger partial charge on any atom is 0.242 e. The molecule has 2 atom stereocenters. The molecule has 0 spiro atoms. The molecule has 2 fully saturated rings. The van der Waals surface area contributed by atoms with E-state index in [1.807, 2.05) is 66.4 Å². The fourth-order valence-electron chi connectivity index (χ4n) is 3.49. The smallest absolute Gasteiger partial charge is 0.242 e. The van der Waals surface area contributed by atoms with Crippen molar-refractivity contribution in [3.63, 3.8) is 0 Å². The third kappa shape index (κ3) is 4.70. The molecule has 1 heterocycles. The van der Waals surface area contributed by atoms with Gasteiger partial charge in [-0.05, 0) is 56.9 Å². The minimum atomic E-state index is -0.441. The molecule has 2 aromatic carbocycles. The lowest BCUT2D eigenvalue weighted by molar-refractivity contribution is -0.129. The molecule has 0 bridgehead atoms. The molecule has 4 rings (SSSR count). The molecule has 0 radical (unpaired) electrons. The van der Waals surface area contributed by atoms with Crippen molar-refractivity contribution < 1.29 is 9.59 Å². The number of thioether (sulfide) groups is 1. The highest BCUT2D eigenvalue weighted by atomic mass is 32.2. The number of anilines is 1. The van der Waals surface area contributed by atoms with Gasteiger partial charge in [0.05, 0.1) is 5.69 Å². The van der Waals surface area contributed by atoms with Crippen molar-refractivity contribution in [1.82, 2.24) is 4.90 Å². The van der Waals surface area contributed by atoms with Gasteiger partial charge in [0.2, 0.25) is 11.8 Å². The van der Waals surface area contributed by atoms with Gasteiger partial charge in [-0.15, -0.1) is 0 Å². The van der Waals surface area contributed by atoms with Crippen molar-refractivity contribution in [3.05, 3.63) is 60.2 Å². The van der Waals surface area contributed by atoms with Crippen LogP contribution in [0.4, 0.5) is 11.4 Å². The van der Waals surface area contributed by atoms with Crippen LogP contribution in [-0.2, 0) is 9.59 Å². The fraction of sp³-hybridized carbons (Fsp3) is 0.348. The summed E-state index contributed by atoms with van der Waals surface area (Å²) in [6.07, 6.45) is 2.43. The largest absolute Gasteiger partial charge is 0.326 e. The van der Waals surface area contributed by atoms with Crippen LogP contribution in [0.1, 0.15) is 31.7 Å². The number of rotatable bonds is 6. The lowest BCUT2D eigenvalue weighted by atomic mass is 10.1. The van der Waals surface area contributed by atoms with Crippen molar-refractivity contribution in [2.45, 2.75) is 44.4 Å². The number of amidine groups is 1. The summed E-state index contributed by atoms with van der Waals surface area (Å²) in [6.45, 7) is 4.09. The normalized spacial score (nSPS) is 21.4. The Bertz CT molecular complexity index is 923. The molecule has 5 nitrogen and oxygen atoms in total. The number of carbonyl (C=O) groups excluding carboxylic acids is 2. The first-order chi connectivity index (χ1) is 14.0. The van der Waals surface area contributed by atoms with Crippen molar-refractivity contribution in [1.29, 1.82) is 0 Å². The number of carbonyl (C=O) groups is 2. The van der Waals surface area contributed by atoms with E-state index < -0.39 is 5.25 Å². The monoisotopic (exact) mass is 407 g/mol. The number of nitrogens with zero attached hydrogens (tertiary/aromatic N) is 2. The summed E-state index contributed by atoms with van der Waals surface area (Å²) < 4.78 is 0. The topological polar surface area (TPSA) is 61.8 Å². The molecular formula is C23H25N3O2S. The van der Waals surface area contributed by atoms with E-state index in [9.17, 15) is 9.59 Å². The first-order valence-electron chi connectivity index (χ1n) is 10.0. The van der Waals surface area contributed by atoms with Gasteiger partial charge < -0.3 is 5.32 Å². The van der Waals surface area contributed by atoms with Crippen LogP contribution in [0.2, 0.25) is 0 Å². The van der Waals surface area contributed by atoms with Gasteiger partial charge in [-0.2, -0.15) is 0 Å². The van der Waals surface area contributed by atoms with Crippen molar-refractivity contribution in [2.75, 3.05) is 5.32 Å². The molecule has 0 unspecified atom stereocenters. The second-order valence-corrected chi connectivity index (χ2v) is 8.91. The lowest BCUT2D eigenvalue weighted by Gasteiger charge is -2.24. The first-order valence-corrected chi connectivity index (χ1v) is 10.9. The van der Waals surface area contributed by atoms with Crippen LogP contribution < -0.4 is 5.32 Å². The van der Waals surface area contributed by atoms with E-state index in [0.717, 1.165) is 29.8 Å². The van der Waals surface area contributed by atoms with Gasteiger partial charge in [0.1, 0.15) is 5.25 Å². The molecule has 29 heavy (non-hydrogen) atoms. The second kappa shape index (κ2) is 8.41. The highest BCUT2D eigenvalue weighted by molar-refractivity contribution is 8.15. The molecule has 6 heteroatoms. The maximum absolute atomic E-state index is 13.2. The van der Waals surface area contributed by atoms with Crippen molar-refractivity contribution in [2.24, 2.45) is 10.9 Å². The Balaban J connectivity index is 1.50. The Morgan fingerprint density at radius 2 is 1.86 bits per heavy atom. The second-order valence-electron chi connectivity index (χ2n) is 7.74. The van der Waals surface area contributed by atoms with Crippen molar-refractivity contribution in [3.8, 4) is 0 Å². The Hall–Kier alpha value is -2.60. The number of amides is 2. The zero-order chi connectivity index (χ0) is 20.4. The predicted molar refractivity (Wildman–Crippen MR) is 118 cm³/mol. The Labute approximate surface area is 175 Å². The average molecular weight is 408 g/mol. The highest BCUT2D eigenvalue weighted by Crippen LogP contribution is 2.41. The van der Waals surface area contributed by atoms with Crippen LogP contribution in [0, 0.1) is 12.8 Å². The number of benzene rings is 2. The third-order valence-corrected chi connectivity index (χ3v) is 6.52. The molecular weight excluding hydrogens is 382 g/mol. The van der Waals surface area contributed by atoms with Crippen LogP contribution in [0.3, 0.4) is 0 Å². The van der Waals surface area contributed by atoms with Gasteiger partial charge >= 0.3 is 0 Å². The molecule has 2 aromatic rings. The van der Waals surface area contributed by atoms with E-state index >= 15 is 0 Å². The molecule has 1 saturated heterocycles. The van der Waals surface area contributed by atoms with Gasteiger partial charge in [0.15, 0.2) is 5.17 Å². The minimum Gasteiger partial charge on any atom is -0.326 e. The standard InChI is InChI=1S/C23H25N3O2S/c1-15-8-12-19(13-9-15)24-21(27)14-20-22(28)26(16(2)17-10-11-17)23(29-20)25-18-6-4-3-5-7-18/h3-9,12-13,16-17,20H,10-11,14H2,1-2H3,(H,24,27)/t16-,20-/m0/s1. The van der Waals surface area contributed by atoms with E-state index in [0.29, 0.717) is 11.1 Å². The van der Waals surface area contributed by atoms with E-state index in [1.165, 1.54) is 11.8 Å². The van der Waals surface area contributed by atoms with Crippen molar-refractivity contribution >= 4 is 40.1 Å². The van der Waals surface area contributed by atoms with Crippen LogP contribution in [-0.4, -0.2) is 33.2 Å². The fourth-order valence-corrected chi connectivity index (χ4v) is 4.72. The molecule has 2 amide bonds. The van der Waals surface area contributed by atoms with E-state index in [1.54, 1.807) is 0 Å². The number of aryl methyl sites for hydroxylation is 1. The Morgan fingerprint density at radius 3 is 2.52 bits per heavy atom. The summed E-state index contributed by atoms with van der Waals surface area (Å²) in [5, 5.41) is 3.16. The Kier molecular flexibility index (Phi) is 5.72. The van der Waals surface area contributed by atoms with Crippen LogP contribution in [0.5, 0.6) is 0 Å².